The highest BCUT2D eigenvalue weighted by Crippen LogP contribution is 2.35. The van der Waals surface area contributed by atoms with Crippen molar-refractivity contribution >= 4 is 5.97 Å². The number of hydrogen-bond acceptors (Lipinski definition) is 7. The zero-order valence-electron chi connectivity index (χ0n) is 12.0. The normalized spacial score (nSPS) is 24.0. The van der Waals surface area contributed by atoms with E-state index >= 15 is 0 Å². The number of carbonyl (C=O) groups is 1. The van der Waals surface area contributed by atoms with Gasteiger partial charge in [0, 0.05) is 12.5 Å². The molecule has 1 aromatic rings. The summed E-state index contributed by atoms with van der Waals surface area (Å²) in [5.41, 5.74) is 0.123. The van der Waals surface area contributed by atoms with Gasteiger partial charge >= 0.3 is 5.97 Å². The number of nitrogens with zero attached hydrogens (tertiary/aromatic N) is 2. The molecular formula is C14H19N3O4. The van der Waals surface area contributed by atoms with Gasteiger partial charge in [0.05, 0.1) is 19.3 Å². The summed E-state index contributed by atoms with van der Waals surface area (Å²) in [5.74, 6) is -0.103. The van der Waals surface area contributed by atoms with Gasteiger partial charge in [-0.1, -0.05) is 0 Å². The minimum Gasteiger partial charge on any atom is -0.471 e. The lowest BCUT2D eigenvalue weighted by Gasteiger charge is -2.32. The fraction of sp³-hybridized carbons (Fsp3) is 0.643. The van der Waals surface area contributed by atoms with E-state index < -0.39 is 5.97 Å². The molecule has 1 atom stereocenters. The third-order valence-electron chi connectivity index (χ3n) is 4.01. The number of methoxy groups -OCH3 is 1. The molecule has 0 aliphatic carbocycles. The van der Waals surface area contributed by atoms with Gasteiger partial charge in [0.25, 0.3) is 0 Å². The van der Waals surface area contributed by atoms with Crippen molar-refractivity contribution in [3.05, 3.63) is 17.8 Å². The second-order valence-electron chi connectivity index (χ2n) is 5.44. The van der Waals surface area contributed by atoms with Crippen molar-refractivity contribution in [3.63, 3.8) is 0 Å². The highest BCUT2D eigenvalue weighted by atomic mass is 16.6. The molecule has 3 rings (SSSR count). The number of piperidine rings is 1. The summed E-state index contributed by atoms with van der Waals surface area (Å²) in [4.78, 5) is 11.3. The van der Waals surface area contributed by atoms with E-state index in [0.717, 1.165) is 32.4 Å². The van der Waals surface area contributed by atoms with Crippen LogP contribution in [-0.2, 0) is 9.47 Å². The fourth-order valence-corrected chi connectivity index (χ4v) is 2.88. The number of nitrogens with one attached hydrogen (secondary N) is 1. The molecule has 2 fully saturated rings. The molecule has 114 valence electrons. The number of rotatable bonds is 3. The Bertz CT molecular complexity index is 499. The Labute approximate surface area is 123 Å². The molecule has 21 heavy (non-hydrogen) atoms. The summed E-state index contributed by atoms with van der Waals surface area (Å²) < 4.78 is 16.3. The monoisotopic (exact) mass is 293 g/mol. The van der Waals surface area contributed by atoms with Gasteiger partial charge < -0.3 is 19.5 Å². The molecule has 2 aliphatic heterocycles. The average molecular weight is 293 g/mol. The van der Waals surface area contributed by atoms with Crippen molar-refractivity contribution in [1.29, 1.82) is 0 Å². The zero-order valence-corrected chi connectivity index (χ0v) is 12.0. The molecule has 0 amide bonds. The Morgan fingerprint density at radius 3 is 2.86 bits per heavy atom. The second-order valence-corrected chi connectivity index (χ2v) is 5.44. The summed E-state index contributed by atoms with van der Waals surface area (Å²) in [5, 5.41) is 11.0. The Morgan fingerprint density at radius 1 is 1.38 bits per heavy atom. The largest absolute Gasteiger partial charge is 0.471 e. The SMILES string of the molecule is COC(=O)c1ccc(OC2COC3(CCNCC3)C2)nn1. The van der Waals surface area contributed by atoms with Crippen LogP contribution in [0.15, 0.2) is 12.1 Å². The Hall–Kier alpha value is -1.73. The summed E-state index contributed by atoms with van der Waals surface area (Å²) >= 11 is 0. The second kappa shape index (κ2) is 5.95. The van der Waals surface area contributed by atoms with Crippen LogP contribution in [0, 0.1) is 0 Å². The van der Waals surface area contributed by atoms with Gasteiger partial charge in [-0.15, -0.1) is 10.2 Å². The van der Waals surface area contributed by atoms with E-state index in [0.29, 0.717) is 12.5 Å². The van der Waals surface area contributed by atoms with Gasteiger partial charge in [-0.2, -0.15) is 0 Å². The average Bonchev–Trinajstić information content (AvgIpc) is 2.90. The minimum atomic E-state index is -0.507. The van der Waals surface area contributed by atoms with Gasteiger partial charge in [0.2, 0.25) is 5.88 Å². The van der Waals surface area contributed by atoms with Crippen molar-refractivity contribution in [1.82, 2.24) is 15.5 Å². The van der Waals surface area contributed by atoms with E-state index in [9.17, 15) is 4.79 Å². The molecule has 7 nitrogen and oxygen atoms in total. The number of aromatic nitrogens is 2. The van der Waals surface area contributed by atoms with E-state index in [2.05, 4.69) is 20.3 Å². The molecule has 7 heteroatoms. The van der Waals surface area contributed by atoms with Crippen LogP contribution in [-0.4, -0.2) is 54.7 Å². The van der Waals surface area contributed by atoms with Crippen LogP contribution in [0.1, 0.15) is 29.8 Å². The topological polar surface area (TPSA) is 82.6 Å². The highest BCUT2D eigenvalue weighted by molar-refractivity contribution is 5.86. The maximum atomic E-state index is 11.3. The van der Waals surface area contributed by atoms with Crippen LogP contribution >= 0.6 is 0 Å². The van der Waals surface area contributed by atoms with Crippen molar-refractivity contribution in [2.24, 2.45) is 0 Å². The molecule has 0 radical (unpaired) electrons. The fourth-order valence-electron chi connectivity index (χ4n) is 2.88. The van der Waals surface area contributed by atoms with E-state index in [-0.39, 0.29) is 17.4 Å². The lowest BCUT2D eigenvalue weighted by atomic mass is 9.89. The smallest absolute Gasteiger partial charge is 0.358 e. The lowest BCUT2D eigenvalue weighted by molar-refractivity contribution is -0.0206. The van der Waals surface area contributed by atoms with Crippen LogP contribution in [0.4, 0.5) is 0 Å². The predicted molar refractivity (Wildman–Crippen MR) is 73.2 cm³/mol. The molecule has 2 saturated heterocycles. The van der Waals surface area contributed by atoms with Crippen LogP contribution in [0.2, 0.25) is 0 Å². The number of esters is 1. The van der Waals surface area contributed by atoms with Crippen molar-refractivity contribution in [2.45, 2.75) is 31.0 Å². The van der Waals surface area contributed by atoms with Gasteiger partial charge in [-0.05, 0) is 32.0 Å². The van der Waals surface area contributed by atoms with Gasteiger partial charge in [0.15, 0.2) is 5.69 Å². The van der Waals surface area contributed by atoms with E-state index in [1.165, 1.54) is 7.11 Å². The van der Waals surface area contributed by atoms with E-state index in [1.807, 2.05) is 0 Å². The van der Waals surface area contributed by atoms with Crippen LogP contribution in [0.5, 0.6) is 5.88 Å². The summed E-state index contributed by atoms with van der Waals surface area (Å²) in [7, 11) is 1.31. The molecule has 3 heterocycles. The van der Waals surface area contributed by atoms with Crippen molar-refractivity contribution in [2.75, 3.05) is 26.8 Å². The first-order chi connectivity index (χ1) is 10.2. The summed E-state index contributed by atoms with van der Waals surface area (Å²) in [6.07, 6.45) is 2.88. The lowest BCUT2D eigenvalue weighted by Crippen LogP contribution is -2.41. The first-order valence-corrected chi connectivity index (χ1v) is 7.14. The maximum absolute atomic E-state index is 11.3. The first-order valence-electron chi connectivity index (χ1n) is 7.14. The molecule has 1 spiro atoms. The molecule has 2 aliphatic rings. The third-order valence-corrected chi connectivity index (χ3v) is 4.01. The summed E-state index contributed by atoms with van der Waals surface area (Å²) in [6.45, 7) is 2.54. The number of hydrogen-bond donors (Lipinski definition) is 1. The zero-order chi connectivity index (χ0) is 14.7. The van der Waals surface area contributed by atoms with Crippen molar-refractivity contribution in [3.8, 4) is 5.88 Å². The van der Waals surface area contributed by atoms with Crippen LogP contribution < -0.4 is 10.1 Å². The van der Waals surface area contributed by atoms with Crippen LogP contribution in [0.25, 0.3) is 0 Å². The Morgan fingerprint density at radius 2 is 2.19 bits per heavy atom. The van der Waals surface area contributed by atoms with Gasteiger partial charge in [-0.3, -0.25) is 0 Å². The minimum absolute atomic E-state index is 0.0126. The third kappa shape index (κ3) is 3.14. The van der Waals surface area contributed by atoms with Gasteiger partial charge in [-0.25, -0.2) is 4.79 Å². The predicted octanol–water partition coefficient (Wildman–Crippen LogP) is 0.553. The molecule has 0 aromatic carbocycles. The number of ether oxygens (including phenoxy) is 3. The molecule has 1 N–H and O–H groups in total. The maximum Gasteiger partial charge on any atom is 0.358 e. The number of carbonyl (C=O) groups excluding carboxylic acids is 1. The Balaban J connectivity index is 1.58. The van der Waals surface area contributed by atoms with Crippen molar-refractivity contribution < 1.29 is 19.0 Å². The van der Waals surface area contributed by atoms with Gasteiger partial charge in [0.1, 0.15) is 6.10 Å². The standard InChI is InChI=1S/C14H19N3O4/c1-19-13(18)11-2-3-12(17-16-11)21-10-8-14(20-9-10)4-6-15-7-5-14/h2-3,10,15H,4-9H2,1H3. The summed E-state index contributed by atoms with van der Waals surface area (Å²) in [6, 6.07) is 3.18. The Kier molecular flexibility index (Phi) is 4.03. The van der Waals surface area contributed by atoms with Crippen LogP contribution in [0.3, 0.4) is 0 Å². The molecule has 1 unspecified atom stereocenters. The molecular weight excluding hydrogens is 274 g/mol. The molecule has 0 bridgehead atoms. The van der Waals surface area contributed by atoms with E-state index in [1.54, 1.807) is 12.1 Å². The quantitative estimate of drug-likeness (QED) is 0.815. The molecule has 0 saturated carbocycles. The highest BCUT2D eigenvalue weighted by Gasteiger charge is 2.42. The first kappa shape index (κ1) is 14.2. The van der Waals surface area contributed by atoms with E-state index in [4.69, 9.17) is 9.47 Å². The molecule has 1 aromatic heterocycles.